The molecule has 0 spiro atoms. The van der Waals surface area contributed by atoms with Crippen LogP contribution in [0.5, 0.6) is 0 Å². The van der Waals surface area contributed by atoms with Gasteiger partial charge in [-0.2, -0.15) is 0 Å². The van der Waals surface area contributed by atoms with Gasteiger partial charge in [0.15, 0.2) is 3.92 Å². The van der Waals surface area contributed by atoms with Gasteiger partial charge in [-0.25, -0.2) is 0 Å². The van der Waals surface area contributed by atoms with Gasteiger partial charge < -0.3 is 0 Å². The number of benzene rings is 1. The first-order valence-electron chi connectivity index (χ1n) is 5.09. The molecule has 0 saturated heterocycles. The van der Waals surface area contributed by atoms with Crippen LogP contribution in [0.15, 0.2) is 34.2 Å². The van der Waals surface area contributed by atoms with E-state index in [2.05, 4.69) is 43.2 Å². The molecular formula is C12H8BrN3S. The lowest BCUT2D eigenvalue weighted by Gasteiger charge is -2.00. The predicted molar refractivity (Wildman–Crippen MR) is 73.1 cm³/mol. The van der Waals surface area contributed by atoms with Crippen LogP contribution in [0.4, 0.5) is 0 Å². The molecule has 0 atom stereocenters. The van der Waals surface area contributed by atoms with Crippen LogP contribution in [0, 0.1) is 6.92 Å². The van der Waals surface area contributed by atoms with Crippen molar-refractivity contribution in [2.45, 2.75) is 6.92 Å². The zero-order valence-electron chi connectivity index (χ0n) is 9.01. The summed E-state index contributed by atoms with van der Waals surface area (Å²) in [4.78, 5) is 4.47. The molecule has 84 valence electrons. The number of aromatic nitrogens is 3. The van der Waals surface area contributed by atoms with Crippen LogP contribution in [0.1, 0.15) is 5.69 Å². The second-order valence-electron chi connectivity index (χ2n) is 3.72. The van der Waals surface area contributed by atoms with Gasteiger partial charge in [-0.05, 0) is 47.1 Å². The summed E-state index contributed by atoms with van der Waals surface area (Å²) in [7, 11) is 0. The van der Waals surface area contributed by atoms with Crippen LogP contribution < -0.4 is 0 Å². The van der Waals surface area contributed by atoms with Crippen molar-refractivity contribution < 1.29 is 0 Å². The predicted octanol–water partition coefficient (Wildman–Crippen LogP) is 3.82. The third-order valence-electron chi connectivity index (χ3n) is 2.48. The Kier molecular flexibility index (Phi) is 2.64. The summed E-state index contributed by atoms with van der Waals surface area (Å²) >= 11 is 4.85. The summed E-state index contributed by atoms with van der Waals surface area (Å²) in [6, 6.07) is 10.2. The van der Waals surface area contributed by atoms with Crippen molar-refractivity contribution in [1.82, 2.24) is 15.2 Å². The first-order chi connectivity index (χ1) is 8.22. The zero-order valence-corrected chi connectivity index (χ0v) is 11.4. The zero-order chi connectivity index (χ0) is 11.8. The van der Waals surface area contributed by atoms with Gasteiger partial charge in [-0.3, -0.25) is 4.98 Å². The van der Waals surface area contributed by atoms with E-state index in [1.807, 2.05) is 25.1 Å². The van der Waals surface area contributed by atoms with Crippen molar-refractivity contribution in [3.63, 3.8) is 0 Å². The molecule has 0 radical (unpaired) electrons. The van der Waals surface area contributed by atoms with Gasteiger partial charge in [0.2, 0.25) is 0 Å². The molecule has 3 rings (SSSR count). The molecule has 5 heteroatoms. The molecule has 2 aromatic heterocycles. The van der Waals surface area contributed by atoms with Crippen LogP contribution >= 0.6 is 27.3 Å². The number of nitrogens with zero attached hydrogens (tertiary/aromatic N) is 3. The number of rotatable bonds is 1. The van der Waals surface area contributed by atoms with E-state index in [0.717, 1.165) is 31.1 Å². The van der Waals surface area contributed by atoms with Gasteiger partial charge in [0.1, 0.15) is 5.01 Å². The summed E-state index contributed by atoms with van der Waals surface area (Å²) in [6.45, 7) is 2.00. The molecule has 0 amide bonds. The standard InChI is InChI=1S/C12H8BrN3S/c1-7-2-3-8-6-9(4-5-10(8)14-7)11-15-16-12(13)17-11/h2-6H,1H3. The van der Waals surface area contributed by atoms with E-state index in [9.17, 15) is 0 Å². The topological polar surface area (TPSA) is 38.7 Å². The summed E-state index contributed by atoms with van der Waals surface area (Å²) in [5.41, 5.74) is 3.12. The van der Waals surface area contributed by atoms with Crippen LogP contribution in [0.25, 0.3) is 21.5 Å². The highest BCUT2D eigenvalue weighted by molar-refractivity contribution is 9.11. The molecule has 0 aliphatic rings. The van der Waals surface area contributed by atoms with Gasteiger partial charge in [0, 0.05) is 16.6 Å². The van der Waals surface area contributed by atoms with E-state index >= 15 is 0 Å². The average molecular weight is 306 g/mol. The van der Waals surface area contributed by atoms with E-state index in [-0.39, 0.29) is 0 Å². The SMILES string of the molecule is Cc1ccc2cc(-c3nnc(Br)s3)ccc2n1. The Hall–Kier alpha value is -1.33. The molecule has 0 fully saturated rings. The number of pyridine rings is 1. The van der Waals surface area contributed by atoms with Crippen molar-refractivity contribution in [3.05, 3.63) is 39.9 Å². The summed E-state index contributed by atoms with van der Waals surface area (Å²) in [5, 5.41) is 10.1. The molecule has 0 aliphatic carbocycles. The van der Waals surface area contributed by atoms with Crippen LogP contribution in [0.3, 0.4) is 0 Å². The van der Waals surface area contributed by atoms with E-state index in [0.29, 0.717) is 0 Å². The molecule has 0 saturated carbocycles. The number of halogens is 1. The van der Waals surface area contributed by atoms with Crippen molar-refractivity contribution in [1.29, 1.82) is 0 Å². The fraction of sp³-hybridized carbons (Fsp3) is 0.0833. The number of hydrogen-bond acceptors (Lipinski definition) is 4. The second kappa shape index (κ2) is 4.16. The Bertz CT molecular complexity index is 693. The molecule has 3 aromatic rings. The van der Waals surface area contributed by atoms with Gasteiger partial charge in [0.25, 0.3) is 0 Å². The van der Waals surface area contributed by atoms with Crippen molar-refractivity contribution in [2.24, 2.45) is 0 Å². The summed E-state index contributed by atoms with van der Waals surface area (Å²) in [6.07, 6.45) is 0. The maximum absolute atomic E-state index is 4.47. The quantitative estimate of drug-likeness (QED) is 0.686. The number of aryl methyl sites for hydroxylation is 1. The maximum atomic E-state index is 4.47. The minimum atomic E-state index is 0.801. The van der Waals surface area contributed by atoms with Gasteiger partial charge in [-0.15, -0.1) is 10.2 Å². The highest BCUT2D eigenvalue weighted by atomic mass is 79.9. The highest BCUT2D eigenvalue weighted by Crippen LogP contribution is 2.28. The summed E-state index contributed by atoms with van der Waals surface area (Å²) < 4.78 is 0.801. The Morgan fingerprint density at radius 3 is 2.76 bits per heavy atom. The fourth-order valence-corrected chi connectivity index (χ4v) is 2.79. The minimum Gasteiger partial charge on any atom is -0.253 e. The number of fused-ring (bicyclic) bond motifs is 1. The molecule has 2 heterocycles. The van der Waals surface area contributed by atoms with Gasteiger partial charge >= 0.3 is 0 Å². The smallest absolute Gasteiger partial charge is 0.183 e. The Morgan fingerprint density at radius 2 is 2.00 bits per heavy atom. The van der Waals surface area contributed by atoms with Crippen molar-refractivity contribution in [3.8, 4) is 10.6 Å². The fourth-order valence-electron chi connectivity index (χ4n) is 1.68. The van der Waals surface area contributed by atoms with Crippen LogP contribution in [-0.4, -0.2) is 15.2 Å². The lowest BCUT2D eigenvalue weighted by molar-refractivity contribution is 1.08. The van der Waals surface area contributed by atoms with Crippen LogP contribution in [-0.2, 0) is 0 Å². The third-order valence-corrected chi connectivity index (χ3v) is 3.88. The molecular weight excluding hydrogens is 298 g/mol. The molecule has 0 aliphatic heterocycles. The average Bonchev–Trinajstić information content (AvgIpc) is 2.75. The molecule has 1 aromatic carbocycles. The lowest BCUT2D eigenvalue weighted by Crippen LogP contribution is -1.84. The number of hydrogen-bond donors (Lipinski definition) is 0. The third kappa shape index (κ3) is 2.08. The maximum Gasteiger partial charge on any atom is 0.183 e. The van der Waals surface area contributed by atoms with E-state index in [1.54, 1.807) is 0 Å². The Morgan fingerprint density at radius 1 is 1.12 bits per heavy atom. The van der Waals surface area contributed by atoms with Crippen molar-refractivity contribution >= 4 is 38.2 Å². The van der Waals surface area contributed by atoms with E-state index in [1.165, 1.54) is 11.3 Å². The normalized spacial score (nSPS) is 10.9. The van der Waals surface area contributed by atoms with E-state index < -0.39 is 0 Å². The molecule has 0 N–H and O–H groups in total. The molecule has 3 nitrogen and oxygen atoms in total. The highest BCUT2D eigenvalue weighted by Gasteiger charge is 2.05. The monoisotopic (exact) mass is 305 g/mol. The first-order valence-corrected chi connectivity index (χ1v) is 6.70. The van der Waals surface area contributed by atoms with Gasteiger partial charge in [-0.1, -0.05) is 17.4 Å². The molecule has 0 unspecified atom stereocenters. The Balaban J connectivity index is 2.16. The first kappa shape index (κ1) is 10.8. The molecule has 17 heavy (non-hydrogen) atoms. The lowest BCUT2D eigenvalue weighted by atomic mass is 10.1. The van der Waals surface area contributed by atoms with E-state index in [4.69, 9.17) is 0 Å². The van der Waals surface area contributed by atoms with Gasteiger partial charge in [0.05, 0.1) is 5.52 Å². The second-order valence-corrected chi connectivity index (χ2v) is 5.97. The summed E-state index contributed by atoms with van der Waals surface area (Å²) in [5.74, 6) is 0. The largest absolute Gasteiger partial charge is 0.253 e. The molecule has 0 bridgehead atoms. The minimum absolute atomic E-state index is 0.801. The van der Waals surface area contributed by atoms with Crippen LogP contribution in [0.2, 0.25) is 0 Å². The Labute approximate surface area is 111 Å². The van der Waals surface area contributed by atoms with Crippen molar-refractivity contribution in [2.75, 3.05) is 0 Å².